The molecule has 0 bridgehead atoms. The number of benzene rings is 1. The Morgan fingerprint density at radius 3 is 2.48 bits per heavy atom. The summed E-state index contributed by atoms with van der Waals surface area (Å²) in [6.45, 7) is 7.26. The van der Waals surface area contributed by atoms with Crippen LogP contribution in [0, 0.1) is 0 Å². The molecule has 3 rings (SSSR count). The zero-order chi connectivity index (χ0) is 16.2. The molecule has 23 heavy (non-hydrogen) atoms. The highest BCUT2D eigenvalue weighted by Gasteiger charge is 2.25. The van der Waals surface area contributed by atoms with Crippen molar-refractivity contribution in [2.24, 2.45) is 0 Å². The molecule has 1 aromatic rings. The molecule has 0 aromatic heterocycles. The number of nitrogens with zero attached hydrogens (tertiary/aromatic N) is 1. The van der Waals surface area contributed by atoms with Gasteiger partial charge in [-0.3, -0.25) is 4.90 Å². The van der Waals surface area contributed by atoms with Gasteiger partial charge >= 0.3 is 0 Å². The van der Waals surface area contributed by atoms with E-state index in [4.69, 9.17) is 4.74 Å². The number of para-hydroxylation sites is 1. The number of hydrogen-bond donors (Lipinski definition) is 2. The Kier molecular flexibility index (Phi) is 5.57. The first-order chi connectivity index (χ1) is 11.1. The molecular formula is C19H30N2O2. The van der Waals surface area contributed by atoms with Crippen molar-refractivity contribution in [3.63, 3.8) is 0 Å². The largest absolute Gasteiger partial charge is 0.393 e. The van der Waals surface area contributed by atoms with E-state index >= 15 is 0 Å². The predicted octanol–water partition coefficient (Wildman–Crippen LogP) is 3.01. The third-order valence-electron chi connectivity index (χ3n) is 5.03. The first kappa shape index (κ1) is 16.7. The van der Waals surface area contributed by atoms with E-state index in [-0.39, 0.29) is 6.10 Å². The van der Waals surface area contributed by atoms with Crippen LogP contribution in [-0.4, -0.2) is 47.4 Å². The van der Waals surface area contributed by atoms with Gasteiger partial charge in [-0.25, -0.2) is 0 Å². The molecular weight excluding hydrogens is 288 g/mol. The van der Waals surface area contributed by atoms with E-state index in [1.54, 1.807) is 0 Å². The minimum Gasteiger partial charge on any atom is -0.393 e. The lowest BCUT2D eigenvalue weighted by molar-refractivity contribution is -0.0337. The molecule has 2 fully saturated rings. The molecule has 4 nitrogen and oxygen atoms in total. The van der Waals surface area contributed by atoms with Crippen LogP contribution >= 0.6 is 0 Å². The molecule has 2 saturated heterocycles. The van der Waals surface area contributed by atoms with E-state index in [1.165, 1.54) is 11.3 Å². The topological polar surface area (TPSA) is 44.7 Å². The van der Waals surface area contributed by atoms with Crippen molar-refractivity contribution >= 4 is 5.69 Å². The molecule has 2 atom stereocenters. The number of nitrogens with one attached hydrogen (secondary N) is 1. The summed E-state index contributed by atoms with van der Waals surface area (Å²) in [7, 11) is 0. The summed E-state index contributed by atoms with van der Waals surface area (Å²) in [6.07, 6.45) is 4.46. The van der Waals surface area contributed by atoms with Gasteiger partial charge in [-0.15, -0.1) is 0 Å². The van der Waals surface area contributed by atoms with Crippen LogP contribution in [0.4, 0.5) is 5.69 Å². The minimum atomic E-state index is -0.107. The van der Waals surface area contributed by atoms with Crippen molar-refractivity contribution in [3.05, 3.63) is 29.8 Å². The number of anilines is 1. The summed E-state index contributed by atoms with van der Waals surface area (Å²) in [5.41, 5.74) is 2.61. The lowest BCUT2D eigenvalue weighted by atomic mass is 9.99. The molecule has 128 valence electrons. The van der Waals surface area contributed by atoms with Crippen LogP contribution in [0.5, 0.6) is 0 Å². The predicted molar refractivity (Wildman–Crippen MR) is 93.6 cm³/mol. The van der Waals surface area contributed by atoms with Gasteiger partial charge in [0.05, 0.1) is 18.3 Å². The van der Waals surface area contributed by atoms with E-state index in [0.717, 1.165) is 45.3 Å². The van der Waals surface area contributed by atoms with Crippen LogP contribution < -0.4 is 5.32 Å². The van der Waals surface area contributed by atoms with Gasteiger partial charge in [-0.1, -0.05) is 18.2 Å². The SMILES string of the molecule is CC1CC(Nc2ccccc2CN2CCC(O)CC2)CC(C)O1. The Bertz CT molecular complexity index is 490. The molecule has 0 spiro atoms. The van der Waals surface area contributed by atoms with E-state index < -0.39 is 0 Å². The molecule has 4 heteroatoms. The van der Waals surface area contributed by atoms with Crippen molar-refractivity contribution < 1.29 is 9.84 Å². The standard InChI is InChI=1S/C19H30N2O2/c1-14-11-17(12-15(2)23-14)20-19-6-4-3-5-16(19)13-21-9-7-18(22)8-10-21/h3-6,14-15,17-18,20,22H,7-13H2,1-2H3. The summed E-state index contributed by atoms with van der Waals surface area (Å²) < 4.78 is 5.84. The number of aliphatic hydroxyl groups is 1. The Hall–Kier alpha value is -1.10. The van der Waals surface area contributed by atoms with Crippen LogP contribution in [-0.2, 0) is 11.3 Å². The third-order valence-corrected chi connectivity index (χ3v) is 5.03. The van der Waals surface area contributed by atoms with Gasteiger partial charge in [-0.2, -0.15) is 0 Å². The van der Waals surface area contributed by atoms with Crippen LogP contribution in [0.2, 0.25) is 0 Å². The fourth-order valence-electron chi connectivity index (χ4n) is 3.86. The molecule has 2 aliphatic heterocycles. The van der Waals surface area contributed by atoms with E-state index in [0.29, 0.717) is 18.2 Å². The quantitative estimate of drug-likeness (QED) is 0.896. The van der Waals surface area contributed by atoms with Crippen molar-refractivity contribution in [2.45, 2.75) is 70.4 Å². The number of piperidine rings is 1. The molecule has 0 aliphatic carbocycles. The minimum absolute atomic E-state index is 0.107. The van der Waals surface area contributed by atoms with Gasteiger partial charge in [-0.05, 0) is 51.2 Å². The first-order valence-corrected chi connectivity index (χ1v) is 9.00. The third kappa shape index (κ3) is 4.69. The summed E-state index contributed by atoms with van der Waals surface area (Å²) in [5, 5.41) is 13.4. The smallest absolute Gasteiger partial charge is 0.0570 e. The maximum absolute atomic E-state index is 9.66. The van der Waals surface area contributed by atoms with Crippen molar-refractivity contribution in [2.75, 3.05) is 18.4 Å². The fourth-order valence-corrected chi connectivity index (χ4v) is 3.86. The van der Waals surface area contributed by atoms with Crippen LogP contribution in [0.25, 0.3) is 0 Å². The Balaban J connectivity index is 1.63. The number of aliphatic hydroxyl groups excluding tert-OH is 1. The molecule has 0 saturated carbocycles. The number of likely N-dealkylation sites (tertiary alicyclic amines) is 1. The number of hydrogen-bond acceptors (Lipinski definition) is 4. The first-order valence-electron chi connectivity index (χ1n) is 9.00. The number of ether oxygens (including phenoxy) is 1. The van der Waals surface area contributed by atoms with Crippen LogP contribution in [0.15, 0.2) is 24.3 Å². The molecule has 2 aliphatic rings. The second-order valence-corrected chi connectivity index (χ2v) is 7.23. The van der Waals surface area contributed by atoms with Gasteiger partial charge in [0.1, 0.15) is 0 Å². The second-order valence-electron chi connectivity index (χ2n) is 7.23. The van der Waals surface area contributed by atoms with Crippen LogP contribution in [0.3, 0.4) is 0 Å². The normalized spacial score (nSPS) is 30.3. The van der Waals surface area contributed by atoms with Gasteiger partial charge in [0.25, 0.3) is 0 Å². The zero-order valence-corrected chi connectivity index (χ0v) is 14.4. The van der Waals surface area contributed by atoms with Crippen molar-refractivity contribution in [1.82, 2.24) is 4.90 Å². The molecule has 2 N–H and O–H groups in total. The highest BCUT2D eigenvalue weighted by Crippen LogP contribution is 2.26. The number of rotatable bonds is 4. The maximum atomic E-state index is 9.66. The Morgan fingerprint density at radius 1 is 1.13 bits per heavy atom. The van der Waals surface area contributed by atoms with Crippen molar-refractivity contribution in [3.8, 4) is 0 Å². The van der Waals surface area contributed by atoms with Gasteiger partial charge in [0, 0.05) is 31.4 Å². The Morgan fingerprint density at radius 2 is 1.78 bits per heavy atom. The van der Waals surface area contributed by atoms with Gasteiger partial charge < -0.3 is 15.2 Å². The monoisotopic (exact) mass is 318 g/mol. The average molecular weight is 318 g/mol. The molecule has 2 unspecified atom stereocenters. The lowest BCUT2D eigenvalue weighted by Gasteiger charge is -2.34. The zero-order valence-electron chi connectivity index (χ0n) is 14.4. The summed E-state index contributed by atoms with van der Waals surface area (Å²) in [4.78, 5) is 2.45. The maximum Gasteiger partial charge on any atom is 0.0570 e. The van der Waals surface area contributed by atoms with E-state index in [9.17, 15) is 5.11 Å². The van der Waals surface area contributed by atoms with Crippen molar-refractivity contribution in [1.29, 1.82) is 0 Å². The summed E-state index contributed by atoms with van der Waals surface area (Å²) in [6, 6.07) is 9.13. The lowest BCUT2D eigenvalue weighted by Crippen LogP contribution is -2.38. The fraction of sp³-hybridized carbons (Fsp3) is 0.684. The summed E-state index contributed by atoms with van der Waals surface area (Å²) >= 11 is 0. The second kappa shape index (κ2) is 7.65. The Labute approximate surface area is 139 Å². The van der Waals surface area contributed by atoms with E-state index in [2.05, 4.69) is 48.3 Å². The molecule has 0 radical (unpaired) electrons. The van der Waals surface area contributed by atoms with Crippen LogP contribution in [0.1, 0.15) is 45.1 Å². The van der Waals surface area contributed by atoms with Gasteiger partial charge in [0.2, 0.25) is 0 Å². The van der Waals surface area contributed by atoms with Gasteiger partial charge in [0.15, 0.2) is 0 Å². The highest BCUT2D eigenvalue weighted by atomic mass is 16.5. The van der Waals surface area contributed by atoms with E-state index in [1.807, 2.05) is 0 Å². The summed E-state index contributed by atoms with van der Waals surface area (Å²) in [5.74, 6) is 0. The molecule has 1 aromatic carbocycles. The highest BCUT2D eigenvalue weighted by molar-refractivity contribution is 5.51. The molecule has 2 heterocycles. The molecule has 0 amide bonds. The average Bonchev–Trinajstić information content (AvgIpc) is 2.50.